The molecule has 0 atom stereocenters. The molecule has 0 fully saturated rings. The minimum absolute atomic E-state index is 0.0699. The van der Waals surface area contributed by atoms with Crippen LogP contribution in [-0.4, -0.2) is 34.1 Å². The summed E-state index contributed by atoms with van der Waals surface area (Å²) in [6, 6.07) is 8.37. The number of unbranched alkanes of at least 4 members (excludes halogenated alkanes) is 6. The monoisotopic (exact) mass is 423 g/mol. The number of amides is 2. The van der Waals surface area contributed by atoms with Gasteiger partial charge in [0.15, 0.2) is 0 Å². The summed E-state index contributed by atoms with van der Waals surface area (Å²) in [5, 5.41) is 5.74. The molecule has 29 heavy (non-hydrogen) atoms. The zero-order valence-corrected chi connectivity index (χ0v) is 18.5. The molecule has 1 aromatic rings. The summed E-state index contributed by atoms with van der Waals surface area (Å²) in [5.41, 5.74) is 0. The van der Waals surface area contributed by atoms with Crippen LogP contribution in [0, 0.1) is 0 Å². The van der Waals surface area contributed by atoms with E-state index in [0.29, 0.717) is 18.0 Å². The number of sulfonamides is 1. The SMILES string of the molecule is CCCCCNC(=O)NCCCC/C=C/CCCCNS(=O)(=O)c1ccccc1. The summed E-state index contributed by atoms with van der Waals surface area (Å²) < 4.78 is 26.8. The second-order valence-corrected chi connectivity index (χ2v) is 8.83. The van der Waals surface area contributed by atoms with Crippen molar-refractivity contribution in [3.8, 4) is 0 Å². The molecule has 1 rings (SSSR count). The van der Waals surface area contributed by atoms with Crippen LogP contribution in [0.1, 0.15) is 64.7 Å². The van der Waals surface area contributed by atoms with Crippen molar-refractivity contribution >= 4 is 16.1 Å². The van der Waals surface area contributed by atoms with Gasteiger partial charge in [-0.3, -0.25) is 0 Å². The Hall–Kier alpha value is -1.86. The molecule has 0 spiro atoms. The van der Waals surface area contributed by atoms with Crippen molar-refractivity contribution in [2.24, 2.45) is 0 Å². The molecule has 0 radical (unpaired) electrons. The Morgan fingerprint density at radius 1 is 0.828 bits per heavy atom. The Labute approximate surface area is 176 Å². The Kier molecular flexibility index (Phi) is 13.9. The third-order valence-electron chi connectivity index (χ3n) is 4.46. The van der Waals surface area contributed by atoms with Crippen LogP contribution in [0.4, 0.5) is 4.79 Å². The van der Waals surface area contributed by atoms with E-state index in [1.165, 1.54) is 0 Å². The van der Waals surface area contributed by atoms with Crippen LogP contribution < -0.4 is 15.4 Å². The van der Waals surface area contributed by atoms with Gasteiger partial charge in [-0.1, -0.05) is 50.1 Å². The normalized spacial score (nSPS) is 11.6. The number of carbonyl (C=O) groups excluding carboxylic acids is 1. The minimum Gasteiger partial charge on any atom is -0.338 e. The molecule has 1 aromatic carbocycles. The van der Waals surface area contributed by atoms with E-state index < -0.39 is 10.0 Å². The fourth-order valence-corrected chi connectivity index (χ4v) is 3.84. The van der Waals surface area contributed by atoms with Gasteiger partial charge in [0, 0.05) is 19.6 Å². The smallest absolute Gasteiger partial charge is 0.314 e. The van der Waals surface area contributed by atoms with Gasteiger partial charge in [0.05, 0.1) is 4.90 Å². The number of carbonyl (C=O) groups is 1. The third kappa shape index (κ3) is 13.1. The van der Waals surface area contributed by atoms with E-state index in [-0.39, 0.29) is 6.03 Å². The van der Waals surface area contributed by atoms with Crippen molar-refractivity contribution in [1.29, 1.82) is 0 Å². The number of hydrogen-bond donors (Lipinski definition) is 3. The van der Waals surface area contributed by atoms with E-state index in [1.54, 1.807) is 30.3 Å². The number of nitrogens with one attached hydrogen (secondary N) is 3. The fraction of sp³-hybridized carbons (Fsp3) is 0.591. The van der Waals surface area contributed by atoms with E-state index in [1.807, 2.05) is 0 Å². The van der Waals surface area contributed by atoms with Gasteiger partial charge in [-0.2, -0.15) is 0 Å². The zero-order chi connectivity index (χ0) is 21.2. The molecular formula is C22H37N3O3S. The van der Waals surface area contributed by atoms with E-state index in [9.17, 15) is 13.2 Å². The lowest BCUT2D eigenvalue weighted by atomic mass is 10.2. The molecule has 0 saturated carbocycles. The van der Waals surface area contributed by atoms with Crippen molar-refractivity contribution < 1.29 is 13.2 Å². The summed E-state index contributed by atoms with van der Waals surface area (Å²) in [7, 11) is -3.39. The third-order valence-corrected chi connectivity index (χ3v) is 5.94. The van der Waals surface area contributed by atoms with Crippen molar-refractivity contribution in [2.45, 2.75) is 69.6 Å². The van der Waals surface area contributed by atoms with Gasteiger partial charge in [-0.15, -0.1) is 0 Å². The molecule has 0 saturated heterocycles. The van der Waals surface area contributed by atoms with Crippen LogP contribution >= 0.6 is 0 Å². The number of allylic oxidation sites excluding steroid dienone is 2. The van der Waals surface area contributed by atoms with Crippen LogP contribution in [0.15, 0.2) is 47.4 Å². The Balaban J connectivity index is 1.94. The molecule has 0 aliphatic rings. The Morgan fingerprint density at radius 2 is 1.38 bits per heavy atom. The first kappa shape index (κ1) is 25.2. The summed E-state index contributed by atoms with van der Waals surface area (Å²) in [4.78, 5) is 11.8. The Morgan fingerprint density at radius 3 is 1.97 bits per heavy atom. The van der Waals surface area contributed by atoms with Gasteiger partial charge in [-0.25, -0.2) is 17.9 Å². The largest absolute Gasteiger partial charge is 0.338 e. The summed E-state index contributed by atoms with van der Waals surface area (Å²) in [6.45, 7) is 4.05. The average Bonchev–Trinajstić information content (AvgIpc) is 2.72. The molecule has 3 N–H and O–H groups in total. The Bertz CT molecular complexity index is 676. The maximum atomic E-state index is 12.1. The highest BCUT2D eigenvalue weighted by Gasteiger charge is 2.11. The van der Waals surface area contributed by atoms with Crippen LogP contribution in [0.25, 0.3) is 0 Å². The highest BCUT2D eigenvalue weighted by Crippen LogP contribution is 2.07. The van der Waals surface area contributed by atoms with Gasteiger partial charge < -0.3 is 10.6 Å². The van der Waals surface area contributed by atoms with Crippen LogP contribution in [0.5, 0.6) is 0 Å². The molecule has 6 nitrogen and oxygen atoms in total. The quantitative estimate of drug-likeness (QED) is 0.273. The van der Waals surface area contributed by atoms with Gasteiger partial charge >= 0.3 is 6.03 Å². The standard InChI is InChI=1S/C22H37N3O3S/c1-2-3-13-18-23-22(26)24-19-14-8-6-4-5-7-9-15-20-25-29(27,28)21-16-11-10-12-17-21/h4-5,10-12,16-17,25H,2-3,6-9,13-15,18-20H2,1H3,(H2,23,24,26)/b5-4+. The number of benzene rings is 1. The lowest BCUT2D eigenvalue weighted by Crippen LogP contribution is -2.36. The van der Waals surface area contributed by atoms with Crippen molar-refractivity contribution in [2.75, 3.05) is 19.6 Å². The van der Waals surface area contributed by atoms with Crippen molar-refractivity contribution in [3.05, 3.63) is 42.5 Å². The van der Waals surface area contributed by atoms with Crippen LogP contribution in [0.2, 0.25) is 0 Å². The number of hydrogen-bond acceptors (Lipinski definition) is 3. The van der Waals surface area contributed by atoms with Gasteiger partial charge in [-0.05, 0) is 57.1 Å². The second-order valence-electron chi connectivity index (χ2n) is 7.06. The first-order valence-corrected chi connectivity index (χ1v) is 12.3. The van der Waals surface area contributed by atoms with Crippen molar-refractivity contribution in [3.63, 3.8) is 0 Å². The minimum atomic E-state index is -3.39. The average molecular weight is 424 g/mol. The molecule has 0 bridgehead atoms. The van der Waals surface area contributed by atoms with E-state index in [4.69, 9.17) is 0 Å². The predicted octanol–water partition coefficient (Wildman–Crippen LogP) is 4.35. The molecule has 0 aromatic heterocycles. The van der Waals surface area contributed by atoms with Gasteiger partial charge in [0.2, 0.25) is 10.0 Å². The predicted molar refractivity (Wildman–Crippen MR) is 119 cm³/mol. The molecule has 2 amide bonds. The first-order valence-electron chi connectivity index (χ1n) is 10.8. The highest BCUT2D eigenvalue weighted by molar-refractivity contribution is 7.89. The molecule has 0 unspecified atom stereocenters. The van der Waals surface area contributed by atoms with E-state index in [0.717, 1.165) is 64.3 Å². The van der Waals surface area contributed by atoms with Crippen molar-refractivity contribution in [1.82, 2.24) is 15.4 Å². The number of urea groups is 1. The van der Waals surface area contributed by atoms with Gasteiger partial charge in [0.1, 0.15) is 0 Å². The molecule has 0 heterocycles. The molecular weight excluding hydrogens is 386 g/mol. The lowest BCUT2D eigenvalue weighted by molar-refractivity contribution is 0.240. The summed E-state index contributed by atoms with van der Waals surface area (Å²) in [5.74, 6) is 0. The fourth-order valence-electron chi connectivity index (χ4n) is 2.74. The first-order chi connectivity index (χ1) is 14.1. The summed E-state index contributed by atoms with van der Waals surface area (Å²) in [6.07, 6.45) is 13.4. The van der Waals surface area contributed by atoms with Gasteiger partial charge in [0.25, 0.3) is 0 Å². The topological polar surface area (TPSA) is 87.3 Å². The maximum absolute atomic E-state index is 12.1. The zero-order valence-electron chi connectivity index (χ0n) is 17.7. The lowest BCUT2D eigenvalue weighted by Gasteiger charge is -2.06. The van der Waals surface area contributed by atoms with E-state index >= 15 is 0 Å². The van der Waals surface area contributed by atoms with Crippen LogP contribution in [-0.2, 0) is 10.0 Å². The molecule has 7 heteroatoms. The van der Waals surface area contributed by atoms with Crippen LogP contribution in [0.3, 0.4) is 0 Å². The number of rotatable bonds is 16. The summed E-state index contributed by atoms with van der Waals surface area (Å²) >= 11 is 0. The maximum Gasteiger partial charge on any atom is 0.314 e. The molecule has 0 aliphatic carbocycles. The second kappa shape index (κ2) is 16.0. The molecule has 0 aliphatic heterocycles. The highest BCUT2D eigenvalue weighted by atomic mass is 32.2. The van der Waals surface area contributed by atoms with E-state index in [2.05, 4.69) is 34.4 Å². The molecule has 164 valence electrons.